The predicted molar refractivity (Wildman–Crippen MR) is 67.3 cm³/mol. The Morgan fingerprint density at radius 2 is 2.12 bits per heavy atom. The molecule has 0 aliphatic heterocycles. The van der Waals surface area contributed by atoms with Crippen LogP contribution in [0.4, 0.5) is 0 Å². The zero-order valence-corrected chi connectivity index (χ0v) is 10.3. The van der Waals surface area contributed by atoms with Gasteiger partial charge in [-0.05, 0) is 29.7 Å². The molecule has 2 rings (SSSR count). The molecule has 0 fully saturated rings. The summed E-state index contributed by atoms with van der Waals surface area (Å²) in [5.41, 5.74) is 1.11. The summed E-state index contributed by atoms with van der Waals surface area (Å²) in [6.07, 6.45) is 3.70. The fraction of sp³-hybridized carbons (Fsp3) is 0.231. The average molecular weight is 249 g/mol. The second-order valence-electron chi connectivity index (χ2n) is 4.00. The third-order valence-electron chi connectivity index (χ3n) is 2.68. The summed E-state index contributed by atoms with van der Waals surface area (Å²) in [5.74, 6) is 0.154. The van der Waals surface area contributed by atoms with Gasteiger partial charge in [-0.1, -0.05) is 30.7 Å². The molecule has 1 aromatic heterocycles. The van der Waals surface area contributed by atoms with E-state index in [0.29, 0.717) is 11.4 Å². The molecule has 0 radical (unpaired) electrons. The number of benzene rings is 1. The van der Waals surface area contributed by atoms with Gasteiger partial charge >= 0.3 is 0 Å². The van der Waals surface area contributed by atoms with Crippen molar-refractivity contribution in [2.45, 2.75) is 19.3 Å². The standard InChI is InChI=1S/C13H13ClN2O/c1-10(11-3-5-12(14)6-4-11)9-13(17)16-8-2-7-15-16/h2-8,10H,9H2,1H3/t10-/m1/s1. The number of halogens is 1. The molecule has 0 bridgehead atoms. The first-order valence-electron chi connectivity index (χ1n) is 5.45. The highest BCUT2D eigenvalue weighted by Crippen LogP contribution is 2.21. The highest BCUT2D eigenvalue weighted by Gasteiger charge is 2.12. The third-order valence-corrected chi connectivity index (χ3v) is 2.93. The second kappa shape index (κ2) is 5.15. The monoisotopic (exact) mass is 248 g/mol. The summed E-state index contributed by atoms with van der Waals surface area (Å²) in [6, 6.07) is 9.31. The molecule has 0 unspecified atom stereocenters. The number of rotatable bonds is 3. The Balaban J connectivity index is 2.04. The van der Waals surface area contributed by atoms with Gasteiger partial charge in [-0.15, -0.1) is 0 Å². The number of aromatic nitrogens is 2. The molecule has 1 aromatic carbocycles. The van der Waals surface area contributed by atoms with Crippen LogP contribution in [-0.4, -0.2) is 15.7 Å². The molecule has 1 heterocycles. The van der Waals surface area contributed by atoms with Crippen LogP contribution < -0.4 is 0 Å². The van der Waals surface area contributed by atoms with E-state index >= 15 is 0 Å². The van der Waals surface area contributed by atoms with Crippen molar-refractivity contribution in [3.05, 3.63) is 53.3 Å². The van der Waals surface area contributed by atoms with E-state index in [1.54, 1.807) is 18.5 Å². The van der Waals surface area contributed by atoms with Crippen LogP contribution in [0.25, 0.3) is 0 Å². The van der Waals surface area contributed by atoms with Crippen molar-refractivity contribution < 1.29 is 4.79 Å². The van der Waals surface area contributed by atoms with E-state index in [2.05, 4.69) is 5.10 Å². The first-order chi connectivity index (χ1) is 8.16. The van der Waals surface area contributed by atoms with Crippen molar-refractivity contribution in [1.29, 1.82) is 0 Å². The molecule has 1 atom stereocenters. The summed E-state index contributed by atoms with van der Waals surface area (Å²) in [7, 11) is 0. The van der Waals surface area contributed by atoms with Gasteiger partial charge in [-0.25, -0.2) is 4.68 Å². The summed E-state index contributed by atoms with van der Waals surface area (Å²) < 4.78 is 1.37. The van der Waals surface area contributed by atoms with Gasteiger partial charge in [-0.3, -0.25) is 4.79 Å². The van der Waals surface area contributed by atoms with Crippen molar-refractivity contribution in [3.63, 3.8) is 0 Å². The van der Waals surface area contributed by atoms with Gasteiger partial charge in [0, 0.05) is 23.8 Å². The maximum absolute atomic E-state index is 11.8. The summed E-state index contributed by atoms with van der Waals surface area (Å²) in [6.45, 7) is 2.02. The largest absolute Gasteiger partial charge is 0.273 e. The van der Waals surface area contributed by atoms with Crippen LogP contribution in [0.1, 0.15) is 29.6 Å². The van der Waals surface area contributed by atoms with Crippen LogP contribution in [0.5, 0.6) is 0 Å². The lowest BCUT2D eigenvalue weighted by atomic mass is 9.98. The van der Waals surface area contributed by atoms with Crippen LogP contribution in [0, 0.1) is 0 Å². The van der Waals surface area contributed by atoms with E-state index in [0.717, 1.165) is 5.56 Å². The molecule has 0 saturated carbocycles. The van der Waals surface area contributed by atoms with Gasteiger partial charge in [0.1, 0.15) is 0 Å². The quantitative estimate of drug-likeness (QED) is 0.835. The zero-order chi connectivity index (χ0) is 12.3. The van der Waals surface area contributed by atoms with Gasteiger partial charge in [0.2, 0.25) is 5.91 Å². The zero-order valence-electron chi connectivity index (χ0n) is 9.51. The molecule has 0 aliphatic rings. The summed E-state index contributed by atoms with van der Waals surface area (Å²) >= 11 is 5.82. The lowest BCUT2D eigenvalue weighted by molar-refractivity contribution is 0.0879. The van der Waals surface area contributed by atoms with E-state index in [1.165, 1.54) is 4.68 Å². The third kappa shape index (κ3) is 2.94. The predicted octanol–water partition coefficient (Wildman–Crippen LogP) is 3.37. The Labute approximate surface area is 105 Å². The number of hydrogen-bond acceptors (Lipinski definition) is 2. The molecule has 0 aliphatic carbocycles. The number of nitrogens with zero attached hydrogens (tertiary/aromatic N) is 2. The number of carbonyl (C=O) groups is 1. The molecule has 88 valence electrons. The molecular formula is C13H13ClN2O. The lowest BCUT2D eigenvalue weighted by Crippen LogP contribution is -2.13. The molecule has 0 N–H and O–H groups in total. The Morgan fingerprint density at radius 3 is 2.71 bits per heavy atom. The van der Waals surface area contributed by atoms with Gasteiger partial charge in [0.05, 0.1) is 0 Å². The minimum atomic E-state index is -0.00236. The average Bonchev–Trinajstić information content (AvgIpc) is 2.83. The van der Waals surface area contributed by atoms with Crippen molar-refractivity contribution in [2.75, 3.05) is 0 Å². The van der Waals surface area contributed by atoms with E-state index in [4.69, 9.17) is 11.6 Å². The Kier molecular flexibility index (Phi) is 3.59. The van der Waals surface area contributed by atoms with Crippen LogP contribution in [0.3, 0.4) is 0 Å². The topological polar surface area (TPSA) is 34.9 Å². The van der Waals surface area contributed by atoms with Crippen molar-refractivity contribution >= 4 is 17.5 Å². The van der Waals surface area contributed by atoms with Gasteiger partial charge in [0.15, 0.2) is 0 Å². The second-order valence-corrected chi connectivity index (χ2v) is 4.44. The van der Waals surface area contributed by atoms with E-state index in [-0.39, 0.29) is 11.8 Å². The SMILES string of the molecule is C[C@H](CC(=O)n1cccn1)c1ccc(Cl)cc1. The Bertz CT molecular complexity index is 491. The van der Waals surface area contributed by atoms with E-state index < -0.39 is 0 Å². The number of hydrogen-bond donors (Lipinski definition) is 0. The van der Waals surface area contributed by atoms with Gasteiger partial charge in [-0.2, -0.15) is 5.10 Å². The van der Waals surface area contributed by atoms with E-state index in [9.17, 15) is 4.79 Å². The number of carbonyl (C=O) groups excluding carboxylic acids is 1. The minimum Gasteiger partial charge on any atom is -0.273 e. The first-order valence-corrected chi connectivity index (χ1v) is 5.83. The molecule has 0 amide bonds. The minimum absolute atomic E-state index is 0.00236. The Morgan fingerprint density at radius 1 is 1.41 bits per heavy atom. The van der Waals surface area contributed by atoms with Crippen LogP contribution >= 0.6 is 11.6 Å². The molecule has 2 aromatic rings. The molecule has 4 heteroatoms. The molecule has 3 nitrogen and oxygen atoms in total. The molecular weight excluding hydrogens is 236 g/mol. The normalized spacial score (nSPS) is 12.4. The highest BCUT2D eigenvalue weighted by molar-refractivity contribution is 6.30. The van der Waals surface area contributed by atoms with Crippen LogP contribution in [0.15, 0.2) is 42.7 Å². The van der Waals surface area contributed by atoms with Crippen molar-refractivity contribution in [1.82, 2.24) is 9.78 Å². The lowest BCUT2D eigenvalue weighted by Gasteiger charge is -2.10. The van der Waals surface area contributed by atoms with Crippen molar-refractivity contribution in [3.8, 4) is 0 Å². The first kappa shape index (κ1) is 11.9. The maximum Gasteiger partial charge on any atom is 0.247 e. The van der Waals surface area contributed by atoms with Crippen molar-refractivity contribution in [2.24, 2.45) is 0 Å². The van der Waals surface area contributed by atoms with Gasteiger partial charge in [0.25, 0.3) is 0 Å². The fourth-order valence-electron chi connectivity index (χ4n) is 1.68. The Hall–Kier alpha value is -1.61. The molecule has 17 heavy (non-hydrogen) atoms. The van der Waals surface area contributed by atoms with E-state index in [1.807, 2.05) is 31.2 Å². The highest BCUT2D eigenvalue weighted by atomic mass is 35.5. The molecule has 0 saturated heterocycles. The summed E-state index contributed by atoms with van der Waals surface area (Å²) in [4.78, 5) is 11.8. The van der Waals surface area contributed by atoms with Crippen LogP contribution in [-0.2, 0) is 0 Å². The molecule has 0 spiro atoms. The van der Waals surface area contributed by atoms with Crippen LogP contribution in [0.2, 0.25) is 5.02 Å². The fourth-order valence-corrected chi connectivity index (χ4v) is 1.81. The smallest absolute Gasteiger partial charge is 0.247 e. The maximum atomic E-state index is 11.8. The summed E-state index contributed by atoms with van der Waals surface area (Å²) in [5, 5.41) is 4.63. The van der Waals surface area contributed by atoms with Gasteiger partial charge < -0.3 is 0 Å².